The number of ether oxygens (including phenoxy) is 2. The summed E-state index contributed by atoms with van der Waals surface area (Å²) < 4.78 is 10.4. The zero-order chi connectivity index (χ0) is 18.8. The van der Waals surface area contributed by atoms with Gasteiger partial charge in [0, 0.05) is 17.3 Å². The van der Waals surface area contributed by atoms with Crippen LogP contribution in [0.4, 0.5) is 5.69 Å². The Morgan fingerprint density at radius 2 is 1.88 bits per heavy atom. The second-order valence-corrected chi connectivity index (χ2v) is 5.15. The van der Waals surface area contributed by atoms with Crippen LogP contribution in [0, 0.1) is 11.3 Å². The summed E-state index contributed by atoms with van der Waals surface area (Å²) >= 11 is 0. The zero-order valence-electron chi connectivity index (χ0n) is 14.3. The average Bonchev–Trinajstić information content (AvgIpc) is 2.66. The highest BCUT2D eigenvalue weighted by molar-refractivity contribution is 5.94. The molecule has 1 amide bonds. The van der Waals surface area contributed by atoms with Crippen LogP contribution in [-0.2, 0) is 14.3 Å². The molecule has 6 nitrogen and oxygen atoms in total. The Hall–Kier alpha value is -3.59. The Morgan fingerprint density at radius 3 is 2.58 bits per heavy atom. The Morgan fingerprint density at radius 1 is 1.15 bits per heavy atom. The fraction of sp³-hybridized carbons (Fsp3) is 0.150. The predicted octanol–water partition coefficient (Wildman–Crippen LogP) is 3.15. The molecule has 2 aromatic rings. The molecule has 0 saturated heterocycles. The fourth-order valence-electron chi connectivity index (χ4n) is 2.07. The van der Waals surface area contributed by atoms with Gasteiger partial charge in [0.2, 0.25) is 0 Å². The normalized spacial score (nSPS) is 10.2. The number of carbonyl (C=O) groups excluding carboxylic acids is 2. The summed E-state index contributed by atoms with van der Waals surface area (Å²) in [5, 5.41) is 11.3. The number of benzene rings is 2. The van der Waals surface area contributed by atoms with Crippen molar-refractivity contribution in [2.75, 3.05) is 18.5 Å². The third-order valence-corrected chi connectivity index (χ3v) is 3.26. The van der Waals surface area contributed by atoms with Crippen LogP contribution < -0.4 is 10.1 Å². The molecule has 2 rings (SSSR count). The second-order valence-electron chi connectivity index (χ2n) is 5.15. The number of hydrogen-bond donors (Lipinski definition) is 1. The number of nitrogens with zero attached hydrogens (tertiary/aromatic N) is 1. The SMILES string of the molecule is CCOc1ccccc1/C=C/C(=O)OCC(=O)Nc1ccc(C#N)cc1. The van der Waals surface area contributed by atoms with Gasteiger partial charge in [0.25, 0.3) is 5.91 Å². The smallest absolute Gasteiger partial charge is 0.331 e. The number of rotatable bonds is 7. The van der Waals surface area contributed by atoms with E-state index >= 15 is 0 Å². The van der Waals surface area contributed by atoms with Gasteiger partial charge in [-0.05, 0) is 43.3 Å². The Balaban J connectivity index is 1.84. The Labute approximate surface area is 151 Å². The van der Waals surface area contributed by atoms with Crippen molar-refractivity contribution < 1.29 is 19.1 Å². The van der Waals surface area contributed by atoms with E-state index in [4.69, 9.17) is 14.7 Å². The molecule has 6 heteroatoms. The predicted molar refractivity (Wildman–Crippen MR) is 97.4 cm³/mol. The third kappa shape index (κ3) is 5.80. The molecule has 0 aromatic heterocycles. The summed E-state index contributed by atoms with van der Waals surface area (Å²) in [6.45, 7) is 1.99. The van der Waals surface area contributed by atoms with E-state index in [-0.39, 0.29) is 0 Å². The van der Waals surface area contributed by atoms with Crippen molar-refractivity contribution in [2.24, 2.45) is 0 Å². The van der Waals surface area contributed by atoms with Gasteiger partial charge >= 0.3 is 5.97 Å². The van der Waals surface area contributed by atoms with E-state index < -0.39 is 18.5 Å². The maximum Gasteiger partial charge on any atom is 0.331 e. The van der Waals surface area contributed by atoms with E-state index in [1.165, 1.54) is 6.08 Å². The van der Waals surface area contributed by atoms with E-state index in [0.29, 0.717) is 23.6 Å². The molecule has 0 radical (unpaired) electrons. The highest BCUT2D eigenvalue weighted by atomic mass is 16.5. The molecule has 0 unspecified atom stereocenters. The maximum absolute atomic E-state index is 11.8. The molecule has 0 saturated carbocycles. The summed E-state index contributed by atoms with van der Waals surface area (Å²) in [6.07, 6.45) is 2.82. The monoisotopic (exact) mass is 350 g/mol. The molecule has 0 fully saturated rings. The lowest BCUT2D eigenvalue weighted by molar-refractivity contribution is -0.142. The number of para-hydroxylation sites is 1. The van der Waals surface area contributed by atoms with Crippen molar-refractivity contribution in [3.63, 3.8) is 0 Å². The van der Waals surface area contributed by atoms with Gasteiger partial charge in [-0.15, -0.1) is 0 Å². The van der Waals surface area contributed by atoms with Gasteiger partial charge in [-0.1, -0.05) is 18.2 Å². The number of hydrogen-bond acceptors (Lipinski definition) is 5. The van der Waals surface area contributed by atoms with Gasteiger partial charge in [0.15, 0.2) is 6.61 Å². The van der Waals surface area contributed by atoms with Crippen molar-refractivity contribution in [2.45, 2.75) is 6.92 Å². The molecule has 0 aliphatic carbocycles. The molecule has 2 aromatic carbocycles. The first kappa shape index (κ1) is 18.7. The number of carbonyl (C=O) groups is 2. The minimum Gasteiger partial charge on any atom is -0.493 e. The van der Waals surface area contributed by atoms with E-state index in [9.17, 15) is 9.59 Å². The minimum atomic E-state index is -0.633. The lowest BCUT2D eigenvalue weighted by atomic mass is 10.2. The van der Waals surface area contributed by atoms with Crippen LogP contribution in [0.1, 0.15) is 18.1 Å². The number of amides is 1. The van der Waals surface area contributed by atoms with Crippen molar-refractivity contribution in [3.05, 3.63) is 65.7 Å². The molecule has 0 aliphatic heterocycles. The summed E-state index contributed by atoms with van der Waals surface area (Å²) in [6, 6.07) is 15.6. The summed E-state index contributed by atoms with van der Waals surface area (Å²) in [5.41, 5.74) is 1.76. The molecule has 0 atom stereocenters. The highest BCUT2D eigenvalue weighted by Gasteiger charge is 2.06. The second kappa shape index (κ2) is 9.64. The molecule has 0 bridgehead atoms. The number of nitriles is 1. The zero-order valence-corrected chi connectivity index (χ0v) is 14.3. The molecule has 0 heterocycles. The van der Waals surface area contributed by atoms with Crippen LogP contribution in [0.2, 0.25) is 0 Å². The quantitative estimate of drug-likeness (QED) is 0.612. The van der Waals surface area contributed by atoms with Crippen LogP contribution in [0.5, 0.6) is 5.75 Å². The number of esters is 1. The fourth-order valence-corrected chi connectivity index (χ4v) is 2.07. The van der Waals surface area contributed by atoms with Gasteiger partial charge in [-0.3, -0.25) is 4.79 Å². The van der Waals surface area contributed by atoms with Crippen molar-refractivity contribution >= 4 is 23.6 Å². The molecule has 132 valence electrons. The van der Waals surface area contributed by atoms with Gasteiger partial charge in [0.05, 0.1) is 18.2 Å². The topological polar surface area (TPSA) is 88.4 Å². The van der Waals surface area contributed by atoms with Crippen LogP contribution in [-0.4, -0.2) is 25.1 Å². The number of anilines is 1. The maximum atomic E-state index is 11.8. The van der Waals surface area contributed by atoms with Crippen LogP contribution in [0.25, 0.3) is 6.08 Å². The van der Waals surface area contributed by atoms with Crippen LogP contribution in [0.15, 0.2) is 54.6 Å². The first-order chi connectivity index (χ1) is 12.6. The first-order valence-corrected chi connectivity index (χ1v) is 7.99. The largest absolute Gasteiger partial charge is 0.493 e. The van der Waals surface area contributed by atoms with Gasteiger partial charge in [0.1, 0.15) is 5.75 Å². The lowest BCUT2D eigenvalue weighted by Crippen LogP contribution is -2.20. The van der Waals surface area contributed by atoms with E-state index in [1.54, 1.807) is 36.4 Å². The molecular weight excluding hydrogens is 332 g/mol. The lowest BCUT2D eigenvalue weighted by Gasteiger charge is -2.06. The summed E-state index contributed by atoms with van der Waals surface area (Å²) in [5.74, 6) is -0.435. The summed E-state index contributed by atoms with van der Waals surface area (Å²) in [7, 11) is 0. The molecule has 26 heavy (non-hydrogen) atoms. The molecular formula is C20H18N2O4. The van der Waals surface area contributed by atoms with Gasteiger partial charge in [-0.25, -0.2) is 4.79 Å². The van der Waals surface area contributed by atoms with Gasteiger partial charge < -0.3 is 14.8 Å². The molecule has 1 N–H and O–H groups in total. The summed E-state index contributed by atoms with van der Waals surface area (Å²) in [4.78, 5) is 23.5. The molecule has 0 aliphatic rings. The Kier molecular flexibility index (Phi) is 6.95. The minimum absolute atomic E-state index is 0.406. The third-order valence-electron chi connectivity index (χ3n) is 3.26. The van der Waals surface area contributed by atoms with Crippen LogP contribution in [0.3, 0.4) is 0 Å². The van der Waals surface area contributed by atoms with Crippen molar-refractivity contribution in [3.8, 4) is 11.8 Å². The highest BCUT2D eigenvalue weighted by Crippen LogP contribution is 2.19. The van der Waals surface area contributed by atoms with E-state index in [0.717, 1.165) is 5.56 Å². The van der Waals surface area contributed by atoms with E-state index in [1.807, 2.05) is 31.2 Å². The Bertz CT molecular complexity index is 836. The first-order valence-electron chi connectivity index (χ1n) is 7.99. The van der Waals surface area contributed by atoms with E-state index in [2.05, 4.69) is 5.32 Å². The van der Waals surface area contributed by atoms with Crippen molar-refractivity contribution in [1.29, 1.82) is 5.26 Å². The number of nitrogens with one attached hydrogen (secondary N) is 1. The molecule has 0 spiro atoms. The van der Waals surface area contributed by atoms with Gasteiger partial charge in [-0.2, -0.15) is 5.26 Å². The standard InChI is InChI=1S/C20H18N2O4/c1-2-25-18-6-4-3-5-16(18)9-12-20(24)26-14-19(23)22-17-10-7-15(13-21)8-11-17/h3-12H,2,14H2,1H3,(H,22,23)/b12-9+. The average molecular weight is 350 g/mol. The van der Waals surface area contributed by atoms with Crippen molar-refractivity contribution in [1.82, 2.24) is 0 Å². The van der Waals surface area contributed by atoms with Crippen LogP contribution >= 0.6 is 0 Å².